The Bertz CT molecular complexity index is 486. The summed E-state index contributed by atoms with van der Waals surface area (Å²) in [6.45, 7) is 8.92. The van der Waals surface area contributed by atoms with Gasteiger partial charge in [0.1, 0.15) is 0 Å². The van der Waals surface area contributed by atoms with Crippen LogP contribution in [0.2, 0.25) is 0 Å². The average molecular weight is 332 g/mol. The molecule has 128 valence electrons. The number of hydrogen-bond donors (Lipinski definition) is 2. The fourth-order valence-corrected chi connectivity index (χ4v) is 3.58. The first-order chi connectivity index (χ1) is 10.5. The first kappa shape index (κ1) is 17.5. The van der Waals surface area contributed by atoms with Gasteiger partial charge in [-0.2, -0.15) is 0 Å². The second-order valence-corrected chi connectivity index (χ2v) is 8.10. The van der Waals surface area contributed by atoms with Crippen LogP contribution in [0.25, 0.3) is 0 Å². The predicted molar refractivity (Wildman–Crippen MR) is 87.5 cm³/mol. The third-order valence-corrected chi connectivity index (χ3v) is 5.74. The predicted octanol–water partition coefficient (Wildman–Crippen LogP) is 0.00360. The summed E-state index contributed by atoms with van der Waals surface area (Å²) in [6.07, 6.45) is 2.26. The first-order valence-electron chi connectivity index (χ1n) is 8.08. The van der Waals surface area contributed by atoms with Crippen LogP contribution in [0.1, 0.15) is 26.7 Å². The molecule has 2 aliphatic heterocycles. The zero-order valence-corrected chi connectivity index (χ0v) is 14.4. The molecule has 0 aliphatic carbocycles. The molecule has 0 saturated carbocycles. The minimum Gasteiger partial charge on any atom is -0.381 e. The highest BCUT2D eigenvalue weighted by Gasteiger charge is 2.42. The van der Waals surface area contributed by atoms with Crippen molar-refractivity contribution in [2.75, 3.05) is 51.7 Å². The van der Waals surface area contributed by atoms with Crippen LogP contribution >= 0.6 is 0 Å². The Kier molecular flexibility index (Phi) is 6.05. The molecule has 1 spiro atoms. The number of sulfonamides is 1. The summed E-state index contributed by atoms with van der Waals surface area (Å²) in [5.41, 5.74) is 0.292. The van der Waals surface area contributed by atoms with Crippen molar-refractivity contribution in [2.45, 2.75) is 26.7 Å². The zero-order valence-electron chi connectivity index (χ0n) is 13.6. The molecule has 2 N–H and O–H groups in total. The number of rotatable bonds is 6. The van der Waals surface area contributed by atoms with E-state index in [0.717, 1.165) is 51.6 Å². The largest absolute Gasteiger partial charge is 0.381 e. The van der Waals surface area contributed by atoms with Gasteiger partial charge in [0.2, 0.25) is 10.0 Å². The molecular formula is C14H28N4O3S. The van der Waals surface area contributed by atoms with Crippen molar-refractivity contribution < 1.29 is 13.2 Å². The van der Waals surface area contributed by atoms with Gasteiger partial charge in [-0.3, -0.25) is 4.99 Å². The minimum absolute atomic E-state index is 0.103. The minimum atomic E-state index is -3.14. The molecule has 0 aromatic carbocycles. The van der Waals surface area contributed by atoms with Crippen LogP contribution in [0, 0.1) is 5.41 Å². The highest BCUT2D eigenvalue weighted by Crippen LogP contribution is 2.38. The molecule has 0 amide bonds. The summed E-state index contributed by atoms with van der Waals surface area (Å²) in [5, 5.41) is 3.30. The molecule has 2 aliphatic rings. The number of hydrogen-bond acceptors (Lipinski definition) is 4. The van der Waals surface area contributed by atoms with Crippen LogP contribution in [-0.2, 0) is 14.8 Å². The fraction of sp³-hybridized carbons (Fsp3) is 0.929. The molecule has 0 bridgehead atoms. The average Bonchev–Trinajstić information content (AvgIpc) is 3.13. The Morgan fingerprint density at radius 3 is 2.82 bits per heavy atom. The van der Waals surface area contributed by atoms with Crippen LogP contribution < -0.4 is 10.0 Å². The van der Waals surface area contributed by atoms with Gasteiger partial charge in [-0.25, -0.2) is 13.1 Å². The smallest absolute Gasteiger partial charge is 0.211 e. The Morgan fingerprint density at radius 1 is 1.36 bits per heavy atom. The van der Waals surface area contributed by atoms with Crippen molar-refractivity contribution in [1.82, 2.24) is 14.9 Å². The van der Waals surface area contributed by atoms with E-state index in [4.69, 9.17) is 4.74 Å². The summed E-state index contributed by atoms with van der Waals surface area (Å²) in [5.74, 6) is 0.979. The quantitative estimate of drug-likeness (QED) is 0.406. The maximum atomic E-state index is 11.4. The monoisotopic (exact) mass is 332 g/mol. The SMILES string of the molecule is CCNC(=NCCNS(=O)(=O)CC)N1CCC2(CCOC2)C1. The van der Waals surface area contributed by atoms with Gasteiger partial charge in [0, 0.05) is 38.2 Å². The standard InChI is InChI=1S/C14H28N4O3S/c1-3-15-13(16-7-8-17-22(19,20)4-2)18-9-5-14(11-18)6-10-21-12-14/h17H,3-12H2,1-2H3,(H,15,16). The van der Waals surface area contributed by atoms with Gasteiger partial charge >= 0.3 is 0 Å². The molecule has 0 aromatic rings. The number of likely N-dealkylation sites (tertiary alicyclic amines) is 1. The Labute approximate surface area is 133 Å². The van der Waals surface area contributed by atoms with E-state index in [2.05, 4.69) is 19.9 Å². The Balaban J connectivity index is 1.88. The molecule has 2 saturated heterocycles. The topological polar surface area (TPSA) is 83.0 Å². The van der Waals surface area contributed by atoms with Gasteiger partial charge in [0.15, 0.2) is 5.96 Å². The van der Waals surface area contributed by atoms with E-state index in [1.807, 2.05) is 6.92 Å². The van der Waals surface area contributed by atoms with Crippen LogP contribution in [0.15, 0.2) is 4.99 Å². The van der Waals surface area contributed by atoms with Gasteiger partial charge in [0.25, 0.3) is 0 Å². The van der Waals surface area contributed by atoms with E-state index < -0.39 is 10.0 Å². The molecule has 22 heavy (non-hydrogen) atoms. The number of guanidine groups is 1. The normalized spacial score (nSPS) is 26.1. The highest BCUT2D eigenvalue weighted by molar-refractivity contribution is 7.89. The van der Waals surface area contributed by atoms with Gasteiger partial charge in [-0.05, 0) is 26.7 Å². The lowest BCUT2D eigenvalue weighted by atomic mass is 9.87. The molecule has 0 aromatic heterocycles. The van der Waals surface area contributed by atoms with Crippen molar-refractivity contribution in [3.63, 3.8) is 0 Å². The second-order valence-electron chi connectivity index (χ2n) is 6.01. The van der Waals surface area contributed by atoms with Crippen molar-refractivity contribution in [1.29, 1.82) is 0 Å². The molecule has 1 unspecified atom stereocenters. The number of aliphatic imine (C=N–C) groups is 1. The van der Waals surface area contributed by atoms with Crippen molar-refractivity contribution >= 4 is 16.0 Å². The van der Waals surface area contributed by atoms with E-state index in [9.17, 15) is 8.42 Å². The third-order valence-electron chi connectivity index (χ3n) is 4.33. The maximum absolute atomic E-state index is 11.4. The Hall–Kier alpha value is -0.860. The molecule has 0 radical (unpaired) electrons. The first-order valence-corrected chi connectivity index (χ1v) is 9.74. The Morgan fingerprint density at radius 2 is 2.18 bits per heavy atom. The lowest BCUT2D eigenvalue weighted by Crippen LogP contribution is -2.42. The summed E-state index contributed by atoms with van der Waals surface area (Å²) < 4.78 is 30.9. The number of ether oxygens (including phenoxy) is 1. The van der Waals surface area contributed by atoms with E-state index in [1.165, 1.54) is 0 Å². The van der Waals surface area contributed by atoms with Crippen molar-refractivity contribution in [2.24, 2.45) is 10.4 Å². The molecule has 2 heterocycles. The van der Waals surface area contributed by atoms with E-state index in [0.29, 0.717) is 18.5 Å². The number of nitrogens with zero attached hydrogens (tertiary/aromatic N) is 2. The summed E-state index contributed by atoms with van der Waals surface area (Å²) in [4.78, 5) is 6.82. The second kappa shape index (κ2) is 7.61. The zero-order chi connectivity index (χ0) is 16.1. The van der Waals surface area contributed by atoms with Crippen molar-refractivity contribution in [3.8, 4) is 0 Å². The van der Waals surface area contributed by atoms with Crippen LogP contribution in [0.4, 0.5) is 0 Å². The summed E-state index contributed by atoms with van der Waals surface area (Å²) >= 11 is 0. The molecule has 2 fully saturated rings. The van der Waals surface area contributed by atoms with Crippen molar-refractivity contribution in [3.05, 3.63) is 0 Å². The third kappa shape index (κ3) is 4.57. The van der Waals surface area contributed by atoms with E-state index >= 15 is 0 Å². The van der Waals surface area contributed by atoms with Gasteiger partial charge < -0.3 is 15.0 Å². The summed E-state index contributed by atoms with van der Waals surface area (Å²) in [6, 6.07) is 0. The van der Waals surface area contributed by atoms with Gasteiger partial charge in [-0.1, -0.05) is 0 Å². The van der Waals surface area contributed by atoms with Gasteiger partial charge in [-0.15, -0.1) is 0 Å². The lowest BCUT2D eigenvalue weighted by molar-refractivity contribution is 0.156. The highest BCUT2D eigenvalue weighted by atomic mass is 32.2. The van der Waals surface area contributed by atoms with Crippen LogP contribution in [-0.4, -0.2) is 71.0 Å². The molecule has 1 atom stereocenters. The molecular weight excluding hydrogens is 304 g/mol. The number of nitrogens with one attached hydrogen (secondary N) is 2. The van der Waals surface area contributed by atoms with Gasteiger partial charge in [0.05, 0.1) is 18.9 Å². The summed E-state index contributed by atoms with van der Waals surface area (Å²) in [7, 11) is -3.14. The van der Waals surface area contributed by atoms with E-state index in [1.54, 1.807) is 6.92 Å². The molecule has 8 heteroatoms. The van der Waals surface area contributed by atoms with Crippen LogP contribution in [0.5, 0.6) is 0 Å². The maximum Gasteiger partial charge on any atom is 0.211 e. The van der Waals surface area contributed by atoms with E-state index in [-0.39, 0.29) is 5.75 Å². The molecule has 7 nitrogen and oxygen atoms in total. The molecule has 2 rings (SSSR count). The fourth-order valence-electron chi connectivity index (χ4n) is 2.98. The van der Waals surface area contributed by atoms with Crippen LogP contribution in [0.3, 0.4) is 0 Å². The lowest BCUT2D eigenvalue weighted by Gasteiger charge is -2.25.